The molecule has 1 unspecified atom stereocenters. The van der Waals surface area contributed by atoms with E-state index in [1.807, 2.05) is 19.1 Å². The van der Waals surface area contributed by atoms with Crippen LogP contribution < -0.4 is 5.32 Å². The molecule has 0 spiro atoms. The van der Waals surface area contributed by atoms with Crippen LogP contribution in [0.25, 0.3) is 0 Å². The van der Waals surface area contributed by atoms with Gasteiger partial charge in [0.2, 0.25) is 0 Å². The van der Waals surface area contributed by atoms with E-state index in [2.05, 4.69) is 23.7 Å². The van der Waals surface area contributed by atoms with Gasteiger partial charge in [0.1, 0.15) is 6.04 Å². The average Bonchev–Trinajstić information content (AvgIpc) is 2.30. The van der Waals surface area contributed by atoms with Gasteiger partial charge in [-0.15, -0.1) is 0 Å². The van der Waals surface area contributed by atoms with Crippen molar-refractivity contribution in [2.45, 2.75) is 25.6 Å². The van der Waals surface area contributed by atoms with Crippen molar-refractivity contribution in [3.63, 3.8) is 0 Å². The Morgan fingerprint density at radius 1 is 1.53 bits per heavy atom. The SMILES string of the molecule is CCOC(=O)C(C)Nc1cccc(CSC)c1. The molecule has 3 nitrogen and oxygen atoms in total. The van der Waals surface area contributed by atoms with Gasteiger partial charge in [-0.3, -0.25) is 0 Å². The number of esters is 1. The largest absolute Gasteiger partial charge is 0.464 e. The lowest BCUT2D eigenvalue weighted by Crippen LogP contribution is -2.28. The standard InChI is InChI=1S/C13H19NO2S/c1-4-16-13(15)10(2)14-12-7-5-6-11(8-12)9-17-3/h5-8,10,14H,4,9H2,1-3H3. The summed E-state index contributed by atoms with van der Waals surface area (Å²) < 4.78 is 4.95. The molecule has 1 atom stereocenters. The predicted molar refractivity (Wildman–Crippen MR) is 73.4 cm³/mol. The quantitative estimate of drug-likeness (QED) is 0.791. The maximum Gasteiger partial charge on any atom is 0.328 e. The van der Waals surface area contributed by atoms with E-state index in [-0.39, 0.29) is 12.0 Å². The molecule has 0 aliphatic carbocycles. The van der Waals surface area contributed by atoms with Crippen LogP contribution in [-0.2, 0) is 15.3 Å². The lowest BCUT2D eigenvalue weighted by Gasteiger charge is -2.14. The fraction of sp³-hybridized carbons (Fsp3) is 0.462. The summed E-state index contributed by atoms with van der Waals surface area (Å²) in [6.45, 7) is 4.03. The highest BCUT2D eigenvalue weighted by Gasteiger charge is 2.13. The molecule has 1 rings (SSSR count). The maximum absolute atomic E-state index is 11.5. The molecule has 0 saturated heterocycles. The van der Waals surface area contributed by atoms with Crippen LogP contribution in [0.15, 0.2) is 24.3 Å². The van der Waals surface area contributed by atoms with Crippen LogP contribution >= 0.6 is 11.8 Å². The first-order valence-electron chi connectivity index (χ1n) is 5.68. The Morgan fingerprint density at radius 3 is 2.94 bits per heavy atom. The summed E-state index contributed by atoms with van der Waals surface area (Å²) >= 11 is 1.78. The van der Waals surface area contributed by atoms with E-state index in [1.165, 1.54) is 5.56 Å². The zero-order valence-corrected chi connectivity index (χ0v) is 11.3. The summed E-state index contributed by atoms with van der Waals surface area (Å²) in [4.78, 5) is 11.5. The summed E-state index contributed by atoms with van der Waals surface area (Å²) in [6, 6.07) is 7.77. The summed E-state index contributed by atoms with van der Waals surface area (Å²) in [5.41, 5.74) is 2.20. The summed E-state index contributed by atoms with van der Waals surface area (Å²) in [5, 5.41) is 3.14. The van der Waals surface area contributed by atoms with Gasteiger partial charge in [-0.25, -0.2) is 4.79 Å². The van der Waals surface area contributed by atoms with Gasteiger partial charge in [-0.2, -0.15) is 11.8 Å². The van der Waals surface area contributed by atoms with Gasteiger partial charge in [0.05, 0.1) is 6.61 Å². The van der Waals surface area contributed by atoms with Gasteiger partial charge in [-0.05, 0) is 37.8 Å². The monoisotopic (exact) mass is 253 g/mol. The lowest BCUT2D eigenvalue weighted by molar-refractivity contribution is -0.143. The minimum absolute atomic E-state index is 0.220. The van der Waals surface area contributed by atoms with Gasteiger partial charge in [0, 0.05) is 11.4 Å². The second kappa shape index (κ2) is 7.22. The first-order chi connectivity index (χ1) is 8.17. The van der Waals surface area contributed by atoms with Gasteiger partial charge in [-0.1, -0.05) is 12.1 Å². The van der Waals surface area contributed by atoms with Crippen molar-refractivity contribution in [2.75, 3.05) is 18.2 Å². The molecule has 94 valence electrons. The Balaban J connectivity index is 2.61. The number of anilines is 1. The first-order valence-corrected chi connectivity index (χ1v) is 7.07. The van der Waals surface area contributed by atoms with E-state index in [1.54, 1.807) is 18.7 Å². The fourth-order valence-corrected chi connectivity index (χ4v) is 2.01. The van der Waals surface area contributed by atoms with Crippen LogP contribution in [-0.4, -0.2) is 24.9 Å². The number of hydrogen-bond acceptors (Lipinski definition) is 4. The Hall–Kier alpha value is -1.16. The van der Waals surface area contributed by atoms with Crippen LogP contribution in [0.3, 0.4) is 0 Å². The van der Waals surface area contributed by atoms with Crippen LogP contribution in [0, 0.1) is 0 Å². The molecule has 0 amide bonds. The van der Waals surface area contributed by atoms with Crippen LogP contribution in [0.5, 0.6) is 0 Å². The number of nitrogens with one attached hydrogen (secondary N) is 1. The zero-order valence-electron chi connectivity index (χ0n) is 10.5. The molecule has 17 heavy (non-hydrogen) atoms. The smallest absolute Gasteiger partial charge is 0.328 e. The Labute approximate surface area is 107 Å². The fourth-order valence-electron chi connectivity index (χ4n) is 1.49. The molecule has 1 aromatic rings. The van der Waals surface area contributed by atoms with Gasteiger partial charge >= 0.3 is 5.97 Å². The van der Waals surface area contributed by atoms with E-state index in [9.17, 15) is 4.79 Å². The van der Waals surface area contributed by atoms with Crippen molar-refractivity contribution in [2.24, 2.45) is 0 Å². The highest BCUT2D eigenvalue weighted by Crippen LogP contribution is 2.15. The molecular weight excluding hydrogens is 234 g/mol. The Kier molecular flexibility index (Phi) is 5.91. The number of carbonyl (C=O) groups excluding carboxylic acids is 1. The van der Waals surface area contributed by atoms with Crippen molar-refractivity contribution in [1.82, 2.24) is 0 Å². The number of ether oxygens (including phenoxy) is 1. The normalized spacial score (nSPS) is 11.9. The molecule has 0 aromatic heterocycles. The molecule has 0 saturated carbocycles. The summed E-state index contributed by atoms with van der Waals surface area (Å²) in [5.74, 6) is 0.756. The number of benzene rings is 1. The molecular formula is C13H19NO2S. The molecule has 0 bridgehead atoms. The van der Waals surface area contributed by atoms with E-state index in [0.29, 0.717) is 6.61 Å². The molecule has 0 aliphatic rings. The topological polar surface area (TPSA) is 38.3 Å². The number of carbonyl (C=O) groups is 1. The van der Waals surface area contributed by atoms with Crippen molar-refractivity contribution in [3.8, 4) is 0 Å². The molecule has 1 N–H and O–H groups in total. The molecule has 0 fully saturated rings. The molecule has 0 radical (unpaired) electrons. The zero-order chi connectivity index (χ0) is 12.7. The number of hydrogen-bond donors (Lipinski definition) is 1. The Morgan fingerprint density at radius 2 is 2.29 bits per heavy atom. The third-order valence-electron chi connectivity index (χ3n) is 2.26. The molecule has 4 heteroatoms. The summed E-state index contributed by atoms with van der Waals surface area (Å²) in [7, 11) is 0. The first kappa shape index (κ1) is 13.9. The minimum atomic E-state index is -0.320. The van der Waals surface area contributed by atoms with Crippen molar-refractivity contribution in [1.29, 1.82) is 0 Å². The van der Waals surface area contributed by atoms with Crippen LogP contribution in [0.4, 0.5) is 5.69 Å². The Bertz CT molecular complexity index is 368. The minimum Gasteiger partial charge on any atom is -0.464 e. The van der Waals surface area contributed by atoms with Crippen molar-refractivity contribution in [3.05, 3.63) is 29.8 Å². The third-order valence-corrected chi connectivity index (χ3v) is 2.88. The molecule has 0 aliphatic heterocycles. The predicted octanol–water partition coefficient (Wildman–Crippen LogP) is 2.91. The van der Waals surface area contributed by atoms with Crippen molar-refractivity contribution < 1.29 is 9.53 Å². The number of thioether (sulfide) groups is 1. The van der Waals surface area contributed by atoms with E-state index in [0.717, 1.165) is 11.4 Å². The molecule has 1 aromatic carbocycles. The van der Waals surface area contributed by atoms with Crippen LogP contribution in [0.2, 0.25) is 0 Å². The van der Waals surface area contributed by atoms with E-state index >= 15 is 0 Å². The summed E-state index contributed by atoms with van der Waals surface area (Å²) in [6.07, 6.45) is 2.07. The lowest BCUT2D eigenvalue weighted by atomic mass is 10.2. The van der Waals surface area contributed by atoms with E-state index < -0.39 is 0 Å². The highest BCUT2D eigenvalue weighted by atomic mass is 32.2. The second-order valence-electron chi connectivity index (χ2n) is 3.75. The van der Waals surface area contributed by atoms with Crippen molar-refractivity contribution >= 4 is 23.4 Å². The van der Waals surface area contributed by atoms with Gasteiger partial charge in [0.15, 0.2) is 0 Å². The van der Waals surface area contributed by atoms with Crippen LogP contribution in [0.1, 0.15) is 19.4 Å². The highest BCUT2D eigenvalue weighted by molar-refractivity contribution is 7.97. The van der Waals surface area contributed by atoms with Gasteiger partial charge < -0.3 is 10.1 Å². The average molecular weight is 253 g/mol. The number of rotatable bonds is 6. The van der Waals surface area contributed by atoms with E-state index in [4.69, 9.17) is 4.74 Å². The molecule has 0 heterocycles. The third kappa shape index (κ3) is 4.69. The maximum atomic E-state index is 11.5. The van der Waals surface area contributed by atoms with Gasteiger partial charge in [0.25, 0.3) is 0 Å². The second-order valence-corrected chi connectivity index (χ2v) is 4.62.